The van der Waals surface area contributed by atoms with Crippen molar-refractivity contribution >= 4 is 0 Å². The van der Waals surface area contributed by atoms with Crippen molar-refractivity contribution in [1.82, 2.24) is 0 Å². The normalized spacial score (nSPS) is 44.8. The van der Waals surface area contributed by atoms with E-state index >= 15 is 0 Å². The van der Waals surface area contributed by atoms with Crippen LogP contribution in [0.2, 0.25) is 0 Å². The molecule has 12 heavy (non-hydrogen) atoms. The van der Waals surface area contributed by atoms with E-state index in [1.54, 1.807) is 0 Å². The molecule has 70 valence electrons. The Morgan fingerprint density at radius 2 is 2.25 bits per heavy atom. The molecule has 2 fully saturated rings. The molecular weight excluding hydrogens is 160 g/mol. The molecule has 2 aliphatic heterocycles. The highest BCUT2D eigenvalue weighted by atomic mass is 16.8. The molecule has 0 aliphatic carbocycles. The largest absolute Gasteiger partial charge is 0.394 e. The van der Waals surface area contributed by atoms with Gasteiger partial charge in [0, 0.05) is 0 Å². The van der Waals surface area contributed by atoms with Crippen LogP contribution in [0.25, 0.3) is 0 Å². The van der Waals surface area contributed by atoms with Gasteiger partial charge >= 0.3 is 0 Å². The maximum absolute atomic E-state index is 8.75. The third kappa shape index (κ3) is 1.47. The molecule has 2 rings (SSSR count). The van der Waals surface area contributed by atoms with Crippen LogP contribution in [0.5, 0.6) is 0 Å². The van der Waals surface area contributed by atoms with E-state index in [1.807, 2.05) is 13.8 Å². The zero-order valence-electron chi connectivity index (χ0n) is 7.32. The summed E-state index contributed by atoms with van der Waals surface area (Å²) in [6.45, 7) is 4.39. The average molecular weight is 174 g/mol. The Hall–Kier alpha value is -0.160. The van der Waals surface area contributed by atoms with Crippen LogP contribution in [-0.2, 0) is 14.2 Å². The van der Waals surface area contributed by atoms with Crippen molar-refractivity contribution in [3.63, 3.8) is 0 Å². The maximum atomic E-state index is 8.75. The highest BCUT2D eigenvalue weighted by molar-refractivity contribution is 4.93. The van der Waals surface area contributed by atoms with E-state index in [4.69, 9.17) is 19.3 Å². The molecule has 0 unspecified atom stereocenters. The van der Waals surface area contributed by atoms with Crippen LogP contribution in [0.15, 0.2) is 0 Å². The van der Waals surface area contributed by atoms with Crippen LogP contribution in [-0.4, -0.2) is 42.4 Å². The Morgan fingerprint density at radius 3 is 2.67 bits per heavy atom. The third-order valence-corrected chi connectivity index (χ3v) is 2.20. The van der Waals surface area contributed by atoms with E-state index in [-0.39, 0.29) is 24.9 Å². The predicted molar refractivity (Wildman–Crippen MR) is 40.7 cm³/mol. The van der Waals surface area contributed by atoms with Crippen LogP contribution >= 0.6 is 0 Å². The van der Waals surface area contributed by atoms with Crippen LogP contribution in [0.4, 0.5) is 0 Å². The Labute approximate surface area is 71.4 Å². The van der Waals surface area contributed by atoms with Gasteiger partial charge in [0.2, 0.25) is 0 Å². The summed E-state index contributed by atoms with van der Waals surface area (Å²) < 4.78 is 16.1. The van der Waals surface area contributed by atoms with Gasteiger partial charge in [0.05, 0.1) is 13.2 Å². The van der Waals surface area contributed by atoms with E-state index in [0.717, 1.165) is 0 Å². The average Bonchev–Trinajstić information content (AvgIpc) is 2.70. The molecule has 2 saturated heterocycles. The summed E-state index contributed by atoms with van der Waals surface area (Å²) in [5.41, 5.74) is 0. The smallest absolute Gasteiger partial charge is 0.163 e. The van der Waals surface area contributed by atoms with Crippen molar-refractivity contribution < 1.29 is 19.3 Å². The lowest BCUT2D eigenvalue weighted by Crippen LogP contribution is -2.25. The first kappa shape index (κ1) is 8.44. The lowest BCUT2D eigenvalue weighted by Gasteiger charge is -2.16. The van der Waals surface area contributed by atoms with E-state index < -0.39 is 5.79 Å². The fourth-order valence-corrected chi connectivity index (χ4v) is 1.51. The quantitative estimate of drug-likeness (QED) is 0.594. The topological polar surface area (TPSA) is 51.2 Å². The summed E-state index contributed by atoms with van der Waals surface area (Å²) in [5.74, 6) is -0.489. The minimum absolute atomic E-state index is 0.00264. The zero-order chi connectivity index (χ0) is 8.77. The molecule has 4 heteroatoms. The minimum atomic E-state index is -0.489. The summed E-state index contributed by atoms with van der Waals surface area (Å²) in [7, 11) is 0. The van der Waals surface area contributed by atoms with Gasteiger partial charge in [-0.05, 0) is 13.8 Å². The number of hydrogen-bond acceptors (Lipinski definition) is 4. The molecule has 2 heterocycles. The van der Waals surface area contributed by atoms with Crippen LogP contribution in [0.1, 0.15) is 13.8 Å². The van der Waals surface area contributed by atoms with Crippen LogP contribution in [0, 0.1) is 0 Å². The van der Waals surface area contributed by atoms with Crippen LogP contribution < -0.4 is 0 Å². The molecule has 0 spiro atoms. The second-order valence-electron chi connectivity index (χ2n) is 3.69. The van der Waals surface area contributed by atoms with Crippen molar-refractivity contribution in [2.75, 3.05) is 13.2 Å². The van der Waals surface area contributed by atoms with Crippen molar-refractivity contribution in [3.05, 3.63) is 0 Å². The van der Waals surface area contributed by atoms with Gasteiger partial charge in [-0.25, -0.2) is 0 Å². The maximum Gasteiger partial charge on any atom is 0.163 e. The molecule has 0 amide bonds. The lowest BCUT2D eigenvalue weighted by molar-refractivity contribution is -0.140. The Kier molecular flexibility index (Phi) is 1.88. The van der Waals surface area contributed by atoms with E-state index in [2.05, 4.69) is 0 Å². The van der Waals surface area contributed by atoms with E-state index in [1.165, 1.54) is 0 Å². The Balaban J connectivity index is 1.85. The summed E-state index contributed by atoms with van der Waals surface area (Å²) in [6.07, 6.45) is 0.00132. The first-order valence-electron chi connectivity index (χ1n) is 4.20. The van der Waals surface area contributed by atoms with Crippen LogP contribution in [0.3, 0.4) is 0 Å². The third-order valence-electron chi connectivity index (χ3n) is 2.20. The molecule has 0 aromatic heterocycles. The first-order valence-corrected chi connectivity index (χ1v) is 4.20. The van der Waals surface area contributed by atoms with Gasteiger partial charge in [0.15, 0.2) is 5.79 Å². The van der Waals surface area contributed by atoms with Gasteiger partial charge in [-0.15, -0.1) is 0 Å². The lowest BCUT2D eigenvalue weighted by atomic mass is 10.2. The fraction of sp³-hybridized carbons (Fsp3) is 1.00. The highest BCUT2D eigenvalue weighted by Crippen LogP contribution is 2.34. The van der Waals surface area contributed by atoms with Gasteiger partial charge in [-0.2, -0.15) is 0 Å². The molecular formula is C8H14O4. The van der Waals surface area contributed by atoms with Crippen molar-refractivity contribution in [2.24, 2.45) is 0 Å². The van der Waals surface area contributed by atoms with Gasteiger partial charge < -0.3 is 19.3 Å². The molecule has 3 atom stereocenters. The number of epoxide rings is 1. The van der Waals surface area contributed by atoms with Gasteiger partial charge in [-0.1, -0.05) is 0 Å². The number of aliphatic hydroxyl groups excluding tert-OH is 1. The SMILES string of the molecule is CC1(C)OC[C@H]([C@@H]2O[C@@H]2CO)O1. The second kappa shape index (κ2) is 2.67. The van der Waals surface area contributed by atoms with Gasteiger partial charge in [0.25, 0.3) is 0 Å². The van der Waals surface area contributed by atoms with Gasteiger partial charge in [0.1, 0.15) is 18.3 Å². The zero-order valence-corrected chi connectivity index (χ0v) is 7.32. The molecule has 0 bridgehead atoms. The summed E-state index contributed by atoms with van der Waals surface area (Å²) in [4.78, 5) is 0. The van der Waals surface area contributed by atoms with E-state index in [0.29, 0.717) is 6.61 Å². The molecule has 0 aromatic carbocycles. The Bertz CT molecular complexity index is 180. The standard InChI is InChI=1S/C8H14O4/c1-8(2)10-4-6(12-8)7-5(3-9)11-7/h5-7,9H,3-4H2,1-2H3/t5-,6-,7-/m1/s1. The van der Waals surface area contributed by atoms with Crippen molar-refractivity contribution in [3.8, 4) is 0 Å². The number of hydrogen-bond donors (Lipinski definition) is 1. The molecule has 4 nitrogen and oxygen atoms in total. The summed E-state index contributed by atoms with van der Waals surface area (Å²) >= 11 is 0. The van der Waals surface area contributed by atoms with Crippen molar-refractivity contribution in [1.29, 1.82) is 0 Å². The summed E-state index contributed by atoms with van der Waals surface area (Å²) in [5, 5.41) is 8.75. The number of aliphatic hydroxyl groups is 1. The monoisotopic (exact) mass is 174 g/mol. The molecule has 0 radical (unpaired) electrons. The number of rotatable bonds is 2. The van der Waals surface area contributed by atoms with Gasteiger partial charge in [-0.3, -0.25) is 0 Å². The molecule has 1 N–H and O–H groups in total. The molecule has 0 aromatic rings. The Morgan fingerprint density at radius 1 is 1.50 bits per heavy atom. The first-order chi connectivity index (χ1) is 5.62. The second-order valence-corrected chi connectivity index (χ2v) is 3.69. The highest BCUT2D eigenvalue weighted by Gasteiger charge is 2.50. The molecule has 0 saturated carbocycles. The predicted octanol–water partition coefficient (Wildman–Crippen LogP) is -0.102. The minimum Gasteiger partial charge on any atom is -0.394 e. The summed E-state index contributed by atoms with van der Waals surface area (Å²) in [6, 6.07) is 0. The fourth-order valence-electron chi connectivity index (χ4n) is 1.51. The van der Waals surface area contributed by atoms with Crippen molar-refractivity contribution in [2.45, 2.75) is 37.9 Å². The molecule has 2 aliphatic rings. The number of ether oxygens (including phenoxy) is 3. The van der Waals surface area contributed by atoms with E-state index in [9.17, 15) is 0 Å².